The maximum atomic E-state index is 12.1. The molecule has 1 saturated heterocycles. The average Bonchev–Trinajstić information content (AvgIpc) is 2.76. The third-order valence-corrected chi connectivity index (χ3v) is 3.20. The predicted octanol–water partition coefficient (Wildman–Crippen LogP) is -0.282. The van der Waals surface area contributed by atoms with E-state index in [0.29, 0.717) is 25.1 Å². The van der Waals surface area contributed by atoms with E-state index in [1.54, 1.807) is 4.90 Å². The molecule has 2 aliphatic heterocycles. The number of hydrogen-bond donors (Lipinski definition) is 2. The van der Waals surface area contributed by atoms with Crippen LogP contribution in [0.2, 0.25) is 0 Å². The van der Waals surface area contributed by atoms with Gasteiger partial charge in [-0.15, -0.1) is 0 Å². The van der Waals surface area contributed by atoms with E-state index in [9.17, 15) is 14.4 Å². The summed E-state index contributed by atoms with van der Waals surface area (Å²) in [6, 6.07) is -0.254. The lowest BCUT2D eigenvalue weighted by Crippen LogP contribution is -2.43. The van der Waals surface area contributed by atoms with Crippen molar-refractivity contribution < 1.29 is 19.5 Å². The number of rotatable bonds is 3. The number of likely N-dealkylation sites (tertiary alicyclic amines) is 1. The molecule has 0 saturated carbocycles. The molecule has 0 aromatic heterocycles. The maximum Gasteiger partial charge on any atom is 0.305 e. The third kappa shape index (κ3) is 2.66. The number of aliphatic carboxylic acids is 1. The largest absolute Gasteiger partial charge is 0.481 e. The summed E-state index contributed by atoms with van der Waals surface area (Å²) in [5.74, 6) is -1.35. The van der Waals surface area contributed by atoms with Gasteiger partial charge in [-0.3, -0.25) is 14.4 Å². The van der Waals surface area contributed by atoms with E-state index in [-0.39, 0.29) is 30.7 Å². The molecule has 18 heavy (non-hydrogen) atoms. The Morgan fingerprint density at radius 3 is 2.83 bits per heavy atom. The van der Waals surface area contributed by atoms with E-state index in [2.05, 4.69) is 10.5 Å². The second-order valence-corrected chi connectivity index (χ2v) is 4.49. The average molecular weight is 253 g/mol. The number of carbonyl (C=O) groups excluding carboxylic acids is 2. The summed E-state index contributed by atoms with van der Waals surface area (Å²) in [5, 5.41) is 12.5. The first-order chi connectivity index (χ1) is 8.58. The fourth-order valence-corrected chi connectivity index (χ4v) is 2.31. The molecule has 7 heteroatoms. The van der Waals surface area contributed by atoms with Gasteiger partial charge in [-0.1, -0.05) is 0 Å². The zero-order chi connectivity index (χ0) is 13.1. The molecule has 0 aromatic carbocycles. The van der Waals surface area contributed by atoms with Gasteiger partial charge in [0.2, 0.25) is 5.91 Å². The van der Waals surface area contributed by atoms with Crippen LogP contribution in [0.1, 0.15) is 32.1 Å². The van der Waals surface area contributed by atoms with Crippen molar-refractivity contribution in [3.63, 3.8) is 0 Å². The molecular formula is C11H15N3O4. The van der Waals surface area contributed by atoms with Crippen molar-refractivity contribution in [1.82, 2.24) is 10.3 Å². The second kappa shape index (κ2) is 5.16. The minimum absolute atomic E-state index is 0.0363. The SMILES string of the molecule is O=C(O)CC1CCCN1C(=O)C1=NNC(=O)CC1. The van der Waals surface area contributed by atoms with Gasteiger partial charge in [-0.25, -0.2) is 5.43 Å². The Morgan fingerprint density at radius 1 is 1.44 bits per heavy atom. The first kappa shape index (κ1) is 12.5. The van der Waals surface area contributed by atoms with Crippen LogP contribution in [0.5, 0.6) is 0 Å². The predicted molar refractivity (Wildman–Crippen MR) is 61.8 cm³/mol. The van der Waals surface area contributed by atoms with Crippen LogP contribution in [0, 0.1) is 0 Å². The highest BCUT2D eigenvalue weighted by atomic mass is 16.4. The van der Waals surface area contributed by atoms with Crippen molar-refractivity contribution in [1.29, 1.82) is 0 Å². The Hall–Kier alpha value is -1.92. The van der Waals surface area contributed by atoms with Crippen LogP contribution in [-0.2, 0) is 14.4 Å². The lowest BCUT2D eigenvalue weighted by molar-refractivity contribution is -0.138. The van der Waals surface area contributed by atoms with Crippen LogP contribution in [-0.4, -0.2) is 46.1 Å². The number of nitrogens with zero attached hydrogens (tertiary/aromatic N) is 2. The molecule has 0 spiro atoms. The molecule has 0 radical (unpaired) electrons. The molecule has 1 fully saturated rings. The van der Waals surface area contributed by atoms with Gasteiger partial charge in [0.25, 0.3) is 5.91 Å². The minimum atomic E-state index is -0.904. The van der Waals surface area contributed by atoms with Gasteiger partial charge in [0.05, 0.1) is 6.42 Å². The molecule has 1 unspecified atom stereocenters. The first-order valence-corrected chi connectivity index (χ1v) is 5.96. The van der Waals surface area contributed by atoms with Crippen molar-refractivity contribution >= 4 is 23.5 Å². The fraction of sp³-hybridized carbons (Fsp3) is 0.636. The van der Waals surface area contributed by atoms with Crippen molar-refractivity contribution in [2.45, 2.75) is 38.1 Å². The van der Waals surface area contributed by atoms with Crippen LogP contribution >= 0.6 is 0 Å². The van der Waals surface area contributed by atoms with E-state index >= 15 is 0 Å². The molecule has 0 bridgehead atoms. The summed E-state index contributed by atoms with van der Waals surface area (Å²) >= 11 is 0. The number of carboxylic acid groups (broad SMARTS) is 1. The van der Waals surface area contributed by atoms with Gasteiger partial charge in [0, 0.05) is 25.4 Å². The van der Waals surface area contributed by atoms with Gasteiger partial charge < -0.3 is 10.0 Å². The summed E-state index contributed by atoms with van der Waals surface area (Å²) in [5.41, 5.74) is 2.59. The quantitative estimate of drug-likeness (QED) is 0.722. The summed E-state index contributed by atoms with van der Waals surface area (Å²) in [6.07, 6.45) is 2.05. The molecule has 98 valence electrons. The molecule has 2 heterocycles. The summed E-state index contributed by atoms with van der Waals surface area (Å²) in [4.78, 5) is 35.4. The summed E-state index contributed by atoms with van der Waals surface area (Å²) < 4.78 is 0. The van der Waals surface area contributed by atoms with Crippen LogP contribution in [0.25, 0.3) is 0 Å². The maximum absolute atomic E-state index is 12.1. The normalized spacial score (nSPS) is 23.6. The van der Waals surface area contributed by atoms with Crippen LogP contribution in [0.3, 0.4) is 0 Å². The smallest absolute Gasteiger partial charge is 0.305 e. The molecule has 1 atom stereocenters. The van der Waals surface area contributed by atoms with E-state index in [0.717, 1.165) is 6.42 Å². The molecule has 2 amide bonds. The Balaban J connectivity index is 2.03. The first-order valence-electron chi connectivity index (χ1n) is 5.96. The summed E-state index contributed by atoms with van der Waals surface area (Å²) in [6.45, 7) is 0.559. The topological polar surface area (TPSA) is 99.1 Å². The van der Waals surface area contributed by atoms with Crippen molar-refractivity contribution in [2.24, 2.45) is 5.10 Å². The highest BCUT2D eigenvalue weighted by Gasteiger charge is 2.33. The number of hydrazone groups is 1. The zero-order valence-corrected chi connectivity index (χ0v) is 9.89. The highest BCUT2D eigenvalue weighted by molar-refractivity contribution is 6.39. The van der Waals surface area contributed by atoms with Crippen LogP contribution in [0.15, 0.2) is 5.10 Å². The Labute approximate surface area is 104 Å². The van der Waals surface area contributed by atoms with Gasteiger partial charge in [0.1, 0.15) is 5.71 Å². The molecular weight excluding hydrogens is 238 g/mol. The molecule has 0 aromatic rings. The van der Waals surface area contributed by atoms with Gasteiger partial charge >= 0.3 is 5.97 Å². The zero-order valence-electron chi connectivity index (χ0n) is 9.89. The molecule has 2 aliphatic rings. The Kier molecular flexibility index (Phi) is 3.59. The van der Waals surface area contributed by atoms with Crippen LogP contribution in [0.4, 0.5) is 0 Å². The lowest BCUT2D eigenvalue weighted by atomic mass is 10.1. The standard InChI is InChI=1S/C11H15N3O4/c15-9-4-3-8(12-13-9)11(18)14-5-1-2-7(14)6-10(16)17/h7H,1-6H2,(H,13,15)(H,16,17). The number of amides is 2. The van der Waals surface area contributed by atoms with E-state index in [1.807, 2.05) is 0 Å². The molecule has 0 aliphatic carbocycles. The number of hydrogen-bond acceptors (Lipinski definition) is 4. The second-order valence-electron chi connectivity index (χ2n) is 4.49. The van der Waals surface area contributed by atoms with E-state index in [4.69, 9.17) is 5.11 Å². The fourth-order valence-electron chi connectivity index (χ4n) is 2.31. The molecule has 2 rings (SSSR count). The van der Waals surface area contributed by atoms with Crippen molar-refractivity contribution in [3.8, 4) is 0 Å². The number of carbonyl (C=O) groups is 3. The van der Waals surface area contributed by atoms with Gasteiger partial charge in [0.15, 0.2) is 0 Å². The Morgan fingerprint density at radius 2 is 2.22 bits per heavy atom. The molecule has 7 nitrogen and oxygen atoms in total. The molecule has 2 N–H and O–H groups in total. The van der Waals surface area contributed by atoms with E-state index in [1.165, 1.54) is 0 Å². The van der Waals surface area contributed by atoms with Crippen molar-refractivity contribution in [3.05, 3.63) is 0 Å². The Bertz CT molecular complexity index is 419. The van der Waals surface area contributed by atoms with Gasteiger partial charge in [-0.2, -0.15) is 5.10 Å². The van der Waals surface area contributed by atoms with Crippen molar-refractivity contribution in [2.75, 3.05) is 6.54 Å². The van der Waals surface area contributed by atoms with E-state index < -0.39 is 5.97 Å². The number of nitrogens with one attached hydrogen (secondary N) is 1. The minimum Gasteiger partial charge on any atom is -0.481 e. The van der Waals surface area contributed by atoms with Crippen LogP contribution < -0.4 is 5.43 Å². The highest BCUT2D eigenvalue weighted by Crippen LogP contribution is 2.21. The number of carboxylic acids is 1. The van der Waals surface area contributed by atoms with Gasteiger partial charge in [-0.05, 0) is 12.8 Å². The monoisotopic (exact) mass is 253 g/mol. The third-order valence-electron chi connectivity index (χ3n) is 3.20. The lowest BCUT2D eigenvalue weighted by Gasteiger charge is -2.24. The summed E-state index contributed by atoms with van der Waals surface area (Å²) in [7, 11) is 0.